The lowest BCUT2D eigenvalue weighted by Crippen LogP contribution is -2.19. The number of aromatic amines is 1. The van der Waals surface area contributed by atoms with Gasteiger partial charge in [0.2, 0.25) is 5.95 Å². The molecule has 4 heterocycles. The van der Waals surface area contributed by atoms with Crippen molar-refractivity contribution < 1.29 is 9.13 Å². The summed E-state index contributed by atoms with van der Waals surface area (Å²) in [7, 11) is 0. The Balaban J connectivity index is 1.44. The maximum Gasteiger partial charge on any atom is 0.227 e. The molecule has 1 atom stereocenters. The number of nitrogens with one attached hydrogen (secondary N) is 1. The van der Waals surface area contributed by atoms with Crippen LogP contribution in [0.25, 0.3) is 33.5 Å². The van der Waals surface area contributed by atoms with Crippen molar-refractivity contribution in [2.75, 3.05) is 6.61 Å². The Morgan fingerprint density at radius 3 is 2.76 bits per heavy atom. The zero-order chi connectivity index (χ0) is 25.4. The van der Waals surface area contributed by atoms with Crippen LogP contribution in [0.2, 0.25) is 0 Å². The van der Waals surface area contributed by atoms with Gasteiger partial charge >= 0.3 is 0 Å². The quantitative estimate of drug-likeness (QED) is 0.276. The van der Waals surface area contributed by atoms with Crippen molar-refractivity contribution >= 4 is 23.1 Å². The molecule has 0 aliphatic carbocycles. The third-order valence-corrected chi connectivity index (χ3v) is 6.66. The van der Waals surface area contributed by atoms with Gasteiger partial charge in [-0.15, -0.1) is 0 Å². The molecule has 186 valence electrons. The smallest absolute Gasteiger partial charge is 0.227 e. The van der Waals surface area contributed by atoms with Crippen molar-refractivity contribution in [3.8, 4) is 22.6 Å². The lowest BCUT2D eigenvalue weighted by atomic mass is 10.0. The predicted molar refractivity (Wildman–Crippen MR) is 143 cm³/mol. The van der Waals surface area contributed by atoms with E-state index in [9.17, 15) is 4.39 Å². The first-order valence-corrected chi connectivity index (χ1v) is 12.5. The van der Waals surface area contributed by atoms with Crippen molar-refractivity contribution in [1.29, 1.82) is 0 Å². The van der Waals surface area contributed by atoms with E-state index in [-0.39, 0.29) is 12.0 Å². The van der Waals surface area contributed by atoms with Gasteiger partial charge in [-0.25, -0.2) is 19.0 Å². The van der Waals surface area contributed by atoms with Gasteiger partial charge in [0.05, 0.1) is 22.6 Å². The summed E-state index contributed by atoms with van der Waals surface area (Å²) in [5.41, 5.74) is 6.43. The summed E-state index contributed by atoms with van der Waals surface area (Å²) in [6.07, 6.45) is 4.64. The number of ether oxygens (including phenoxy) is 1. The van der Waals surface area contributed by atoms with Crippen LogP contribution in [0.4, 0.5) is 10.3 Å². The highest BCUT2D eigenvalue weighted by molar-refractivity contribution is 5.90. The van der Waals surface area contributed by atoms with Crippen LogP contribution in [0.1, 0.15) is 42.4 Å². The Kier molecular flexibility index (Phi) is 6.10. The minimum absolute atomic E-state index is 0.0347. The second-order valence-electron chi connectivity index (χ2n) is 9.31. The highest BCUT2D eigenvalue weighted by Crippen LogP contribution is 2.35. The number of rotatable bonds is 5. The number of hydrogen-bond acceptors (Lipinski definition) is 5. The number of halogens is 1. The summed E-state index contributed by atoms with van der Waals surface area (Å²) in [6, 6.07) is 18.6. The number of aromatic nitrogens is 5. The maximum absolute atomic E-state index is 14.1. The van der Waals surface area contributed by atoms with Crippen LogP contribution in [0.3, 0.4) is 0 Å². The van der Waals surface area contributed by atoms with Gasteiger partial charge < -0.3 is 9.72 Å². The Bertz CT molecular complexity index is 1610. The predicted octanol–water partition coefficient (Wildman–Crippen LogP) is 6.69. The van der Waals surface area contributed by atoms with Crippen LogP contribution in [-0.2, 0) is 4.74 Å². The first-order valence-electron chi connectivity index (χ1n) is 12.5. The zero-order valence-corrected chi connectivity index (χ0v) is 20.8. The fraction of sp³-hybridized carbons (Fsp3) is 0.241. The van der Waals surface area contributed by atoms with E-state index in [4.69, 9.17) is 19.8 Å². The van der Waals surface area contributed by atoms with Gasteiger partial charge in [0.1, 0.15) is 11.5 Å². The SMILES string of the molecule is Cc1cccc(-c2[nH]c(N=Cc3ccccc3F)nc2-c2ccc3c(c2)c(C)nn3C2CCCCO2)n1. The van der Waals surface area contributed by atoms with Crippen LogP contribution in [0, 0.1) is 19.7 Å². The Morgan fingerprint density at radius 2 is 1.95 bits per heavy atom. The molecule has 5 aromatic rings. The van der Waals surface area contributed by atoms with Crippen molar-refractivity contribution in [3.63, 3.8) is 0 Å². The van der Waals surface area contributed by atoms with E-state index in [1.807, 2.05) is 42.8 Å². The van der Waals surface area contributed by atoms with Crippen LogP contribution >= 0.6 is 0 Å². The van der Waals surface area contributed by atoms with Crippen molar-refractivity contribution in [2.24, 2.45) is 4.99 Å². The molecule has 1 saturated heterocycles. The highest BCUT2D eigenvalue weighted by atomic mass is 19.1. The maximum atomic E-state index is 14.1. The Labute approximate surface area is 214 Å². The van der Waals surface area contributed by atoms with E-state index < -0.39 is 0 Å². The normalized spacial score (nSPS) is 16.1. The van der Waals surface area contributed by atoms with E-state index in [2.05, 4.69) is 22.1 Å². The molecule has 0 saturated carbocycles. The molecule has 3 aromatic heterocycles. The summed E-state index contributed by atoms with van der Waals surface area (Å²) in [6.45, 7) is 4.73. The Morgan fingerprint density at radius 1 is 1.05 bits per heavy atom. The molecule has 0 spiro atoms. The van der Waals surface area contributed by atoms with E-state index >= 15 is 0 Å². The molecule has 1 fully saturated rings. The summed E-state index contributed by atoms with van der Waals surface area (Å²) < 4.78 is 22.1. The molecule has 8 heteroatoms. The minimum atomic E-state index is -0.335. The first kappa shape index (κ1) is 23.2. The van der Waals surface area contributed by atoms with Crippen LogP contribution in [-0.4, -0.2) is 37.6 Å². The minimum Gasteiger partial charge on any atom is -0.356 e. The van der Waals surface area contributed by atoms with Gasteiger partial charge in [-0.05, 0) is 63.4 Å². The monoisotopic (exact) mass is 494 g/mol. The van der Waals surface area contributed by atoms with Crippen molar-refractivity contribution in [1.82, 2.24) is 24.7 Å². The molecule has 0 bridgehead atoms. The standard InChI is InChI=1S/C29H27FN6O/c1-18-8-7-11-24(32-18)28-27(33-29(34-28)31-17-21-9-3-4-10-23(21)30)20-13-14-25-22(16-20)19(2)35-36(25)26-12-5-6-15-37-26/h3-4,7-11,13-14,16-17,26H,5-6,12,15H2,1-2H3,(H,33,34). The van der Waals surface area contributed by atoms with Gasteiger partial charge in [0.25, 0.3) is 0 Å². The second kappa shape index (κ2) is 9.71. The average Bonchev–Trinajstić information content (AvgIpc) is 3.50. The van der Waals surface area contributed by atoms with Crippen molar-refractivity contribution in [2.45, 2.75) is 39.3 Å². The largest absolute Gasteiger partial charge is 0.356 e. The third kappa shape index (κ3) is 4.56. The van der Waals surface area contributed by atoms with Gasteiger partial charge in [0, 0.05) is 35.0 Å². The van der Waals surface area contributed by atoms with Crippen LogP contribution in [0.15, 0.2) is 65.7 Å². The second-order valence-corrected chi connectivity index (χ2v) is 9.31. The molecule has 37 heavy (non-hydrogen) atoms. The molecule has 6 rings (SSSR count). The molecule has 0 radical (unpaired) electrons. The van der Waals surface area contributed by atoms with Crippen molar-refractivity contribution in [3.05, 3.63) is 83.4 Å². The van der Waals surface area contributed by atoms with Crippen LogP contribution < -0.4 is 0 Å². The van der Waals surface area contributed by atoms with E-state index in [0.29, 0.717) is 11.5 Å². The fourth-order valence-electron chi connectivity index (χ4n) is 4.79. The highest BCUT2D eigenvalue weighted by Gasteiger charge is 2.22. The molecule has 1 aliphatic heterocycles. The molecule has 7 nitrogen and oxygen atoms in total. The third-order valence-electron chi connectivity index (χ3n) is 6.66. The number of fused-ring (bicyclic) bond motifs is 1. The van der Waals surface area contributed by atoms with Crippen LogP contribution in [0.5, 0.6) is 0 Å². The molecular weight excluding hydrogens is 467 g/mol. The zero-order valence-electron chi connectivity index (χ0n) is 20.8. The summed E-state index contributed by atoms with van der Waals surface area (Å²) in [4.78, 5) is 17.2. The number of hydrogen-bond donors (Lipinski definition) is 1. The Hall–Kier alpha value is -4.17. The molecule has 1 N–H and O–H groups in total. The summed E-state index contributed by atoms with van der Waals surface area (Å²) in [5.74, 6) is 0.0400. The van der Waals surface area contributed by atoms with E-state index in [0.717, 1.165) is 70.8 Å². The number of nitrogens with zero attached hydrogens (tertiary/aromatic N) is 5. The van der Waals surface area contributed by atoms with Gasteiger partial charge in [-0.2, -0.15) is 5.10 Å². The molecule has 1 unspecified atom stereocenters. The molecular formula is C29H27FN6O. The first-order chi connectivity index (χ1) is 18.1. The summed E-state index contributed by atoms with van der Waals surface area (Å²) >= 11 is 0. The van der Waals surface area contributed by atoms with E-state index in [1.165, 1.54) is 12.3 Å². The number of pyridine rings is 1. The van der Waals surface area contributed by atoms with E-state index in [1.54, 1.807) is 18.2 Å². The van der Waals surface area contributed by atoms with Gasteiger partial charge in [0.15, 0.2) is 6.23 Å². The van der Waals surface area contributed by atoms with Gasteiger partial charge in [-0.1, -0.05) is 30.3 Å². The summed E-state index contributed by atoms with van der Waals surface area (Å²) in [5, 5.41) is 5.86. The number of imidazole rings is 1. The fourth-order valence-corrected chi connectivity index (χ4v) is 4.79. The molecule has 1 aliphatic rings. The topological polar surface area (TPSA) is 81.0 Å². The molecule has 2 aromatic carbocycles. The number of aryl methyl sites for hydroxylation is 2. The lowest BCUT2D eigenvalue weighted by molar-refractivity contribution is -0.0368. The number of benzene rings is 2. The number of aliphatic imine (C=N–C) groups is 1. The molecule has 0 amide bonds. The average molecular weight is 495 g/mol. The lowest BCUT2D eigenvalue weighted by Gasteiger charge is -2.23. The van der Waals surface area contributed by atoms with Gasteiger partial charge in [-0.3, -0.25) is 4.98 Å². The number of H-pyrrole nitrogens is 1.